The standard InChI is InChI=1S/C20H29N5O3/c1-21-18-16(19(27)22(2)20(21)28)8-9-25(18)14-17(26)24-12-10-23(11-13-24)15-6-4-3-5-7-15/h8-9,15H,3-7,10-14H2,1-2H3. The summed E-state index contributed by atoms with van der Waals surface area (Å²) in [4.78, 5) is 41.9. The molecule has 1 aliphatic heterocycles. The van der Waals surface area contributed by atoms with Gasteiger partial charge >= 0.3 is 5.69 Å². The Labute approximate surface area is 163 Å². The normalized spacial score (nSPS) is 19.4. The van der Waals surface area contributed by atoms with Crippen LogP contribution in [0.15, 0.2) is 21.9 Å². The Morgan fingerprint density at radius 1 is 1.00 bits per heavy atom. The zero-order valence-corrected chi connectivity index (χ0v) is 16.8. The second-order valence-electron chi connectivity index (χ2n) is 8.10. The van der Waals surface area contributed by atoms with Crippen LogP contribution in [0.3, 0.4) is 0 Å². The van der Waals surface area contributed by atoms with E-state index in [9.17, 15) is 14.4 Å². The van der Waals surface area contributed by atoms with Gasteiger partial charge in [-0.1, -0.05) is 19.3 Å². The van der Waals surface area contributed by atoms with E-state index in [1.54, 1.807) is 23.9 Å². The highest BCUT2D eigenvalue weighted by molar-refractivity contribution is 5.80. The molecule has 0 spiro atoms. The molecule has 0 unspecified atom stereocenters. The smallest absolute Gasteiger partial charge is 0.332 e. The molecule has 1 saturated carbocycles. The monoisotopic (exact) mass is 387 g/mol. The van der Waals surface area contributed by atoms with Gasteiger partial charge in [-0.05, 0) is 18.9 Å². The van der Waals surface area contributed by atoms with Gasteiger partial charge in [-0.25, -0.2) is 4.79 Å². The maximum atomic E-state index is 12.9. The average molecular weight is 387 g/mol. The third-order valence-corrected chi connectivity index (χ3v) is 6.42. The number of piperazine rings is 1. The number of aryl methyl sites for hydroxylation is 1. The molecule has 0 radical (unpaired) electrons. The maximum absolute atomic E-state index is 12.9. The second kappa shape index (κ2) is 7.58. The molecule has 2 aromatic rings. The first-order valence-corrected chi connectivity index (χ1v) is 10.2. The molecule has 1 amide bonds. The summed E-state index contributed by atoms with van der Waals surface area (Å²) in [7, 11) is 3.10. The fraction of sp³-hybridized carbons (Fsp3) is 0.650. The van der Waals surface area contributed by atoms with E-state index < -0.39 is 0 Å². The van der Waals surface area contributed by atoms with Crippen molar-refractivity contribution in [1.82, 2.24) is 23.5 Å². The van der Waals surface area contributed by atoms with Crippen LogP contribution in [0.5, 0.6) is 0 Å². The summed E-state index contributed by atoms with van der Waals surface area (Å²) in [5.74, 6) is 0.0360. The number of hydrogen-bond acceptors (Lipinski definition) is 4. The highest BCUT2D eigenvalue weighted by atomic mass is 16.2. The Morgan fingerprint density at radius 2 is 1.68 bits per heavy atom. The Bertz CT molecular complexity index is 988. The Hall–Kier alpha value is -2.35. The molecule has 2 fully saturated rings. The number of carbonyl (C=O) groups is 1. The number of amides is 1. The van der Waals surface area contributed by atoms with Crippen LogP contribution in [0.4, 0.5) is 0 Å². The third-order valence-electron chi connectivity index (χ3n) is 6.42. The van der Waals surface area contributed by atoms with Crippen LogP contribution in [0.25, 0.3) is 11.0 Å². The van der Waals surface area contributed by atoms with Crippen LogP contribution < -0.4 is 11.2 Å². The Morgan fingerprint density at radius 3 is 2.36 bits per heavy atom. The predicted molar refractivity (Wildman–Crippen MR) is 107 cm³/mol. The van der Waals surface area contributed by atoms with Gasteiger partial charge in [-0.2, -0.15) is 0 Å². The molecule has 1 saturated heterocycles. The fourth-order valence-corrected chi connectivity index (χ4v) is 4.74. The molecule has 1 aliphatic carbocycles. The van der Waals surface area contributed by atoms with Crippen molar-refractivity contribution in [3.63, 3.8) is 0 Å². The van der Waals surface area contributed by atoms with Crippen LogP contribution in [-0.2, 0) is 25.4 Å². The van der Waals surface area contributed by atoms with Gasteiger partial charge in [0.05, 0.1) is 5.39 Å². The lowest BCUT2D eigenvalue weighted by Crippen LogP contribution is -2.52. The van der Waals surface area contributed by atoms with Gasteiger partial charge in [0, 0.05) is 52.5 Å². The highest BCUT2D eigenvalue weighted by Crippen LogP contribution is 2.23. The van der Waals surface area contributed by atoms with E-state index >= 15 is 0 Å². The third kappa shape index (κ3) is 3.30. The average Bonchev–Trinajstić information content (AvgIpc) is 3.15. The van der Waals surface area contributed by atoms with E-state index in [4.69, 9.17) is 0 Å². The first-order chi connectivity index (χ1) is 13.5. The van der Waals surface area contributed by atoms with E-state index in [-0.39, 0.29) is 23.7 Å². The largest absolute Gasteiger partial charge is 0.339 e. The quantitative estimate of drug-likeness (QED) is 0.770. The zero-order valence-electron chi connectivity index (χ0n) is 16.8. The Balaban J connectivity index is 1.46. The SMILES string of the molecule is Cn1c(=O)c2ccn(CC(=O)N3CCN(C4CCCCC4)CC3)c2n(C)c1=O. The molecule has 3 heterocycles. The number of fused-ring (bicyclic) bond motifs is 1. The van der Waals surface area contributed by atoms with Gasteiger partial charge in [-0.15, -0.1) is 0 Å². The van der Waals surface area contributed by atoms with Crippen molar-refractivity contribution in [3.8, 4) is 0 Å². The van der Waals surface area contributed by atoms with Crippen LogP contribution in [0.2, 0.25) is 0 Å². The van der Waals surface area contributed by atoms with E-state index in [1.807, 2.05) is 4.90 Å². The molecule has 8 heteroatoms. The van der Waals surface area contributed by atoms with Crippen LogP contribution >= 0.6 is 0 Å². The van der Waals surface area contributed by atoms with E-state index in [1.165, 1.54) is 43.7 Å². The minimum absolute atomic E-state index is 0.0360. The molecule has 2 aromatic heterocycles. The number of aromatic nitrogens is 3. The van der Waals surface area contributed by atoms with Gasteiger partial charge in [-0.3, -0.25) is 23.6 Å². The summed E-state index contributed by atoms with van der Waals surface area (Å²) < 4.78 is 4.25. The molecular formula is C20H29N5O3. The van der Waals surface area contributed by atoms with Crippen molar-refractivity contribution in [2.24, 2.45) is 14.1 Å². The minimum Gasteiger partial charge on any atom is -0.339 e. The van der Waals surface area contributed by atoms with Crippen molar-refractivity contribution in [2.75, 3.05) is 26.2 Å². The summed E-state index contributed by atoms with van der Waals surface area (Å²) in [6.45, 7) is 3.50. The molecular weight excluding hydrogens is 358 g/mol. The van der Waals surface area contributed by atoms with Gasteiger partial charge in [0.1, 0.15) is 12.2 Å². The summed E-state index contributed by atoms with van der Waals surface area (Å²) in [6, 6.07) is 2.37. The molecule has 8 nitrogen and oxygen atoms in total. The molecule has 28 heavy (non-hydrogen) atoms. The summed E-state index contributed by atoms with van der Waals surface area (Å²) >= 11 is 0. The maximum Gasteiger partial charge on any atom is 0.332 e. The van der Waals surface area contributed by atoms with E-state index in [2.05, 4.69) is 4.90 Å². The van der Waals surface area contributed by atoms with Gasteiger partial charge in [0.2, 0.25) is 5.91 Å². The lowest BCUT2D eigenvalue weighted by molar-refractivity contribution is -0.134. The number of carbonyl (C=O) groups excluding carboxylic acids is 1. The molecule has 0 N–H and O–H groups in total. The van der Waals surface area contributed by atoms with E-state index in [0.29, 0.717) is 17.1 Å². The lowest BCUT2D eigenvalue weighted by atomic mass is 9.94. The molecule has 2 aliphatic rings. The van der Waals surface area contributed by atoms with Crippen molar-refractivity contribution < 1.29 is 4.79 Å². The van der Waals surface area contributed by atoms with Crippen LogP contribution in [-0.4, -0.2) is 61.6 Å². The zero-order chi connectivity index (χ0) is 19.8. The number of hydrogen-bond donors (Lipinski definition) is 0. The minimum atomic E-state index is -0.383. The first-order valence-electron chi connectivity index (χ1n) is 10.2. The van der Waals surface area contributed by atoms with Gasteiger partial charge in [0.25, 0.3) is 5.56 Å². The summed E-state index contributed by atoms with van der Waals surface area (Å²) in [5.41, 5.74) is -0.210. The number of rotatable bonds is 3. The molecule has 0 bridgehead atoms. The molecule has 0 atom stereocenters. The predicted octanol–water partition coefficient (Wildman–Crippen LogP) is 0.516. The molecule has 0 aromatic carbocycles. The summed E-state index contributed by atoms with van der Waals surface area (Å²) in [6.07, 6.45) is 8.29. The van der Waals surface area contributed by atoms with Crippen molar-refractivity contribution in [3.05, 3.63) is 33.1 Å². The lowest BCUT2D eigenvalue weighted by Gasteiger charge is -2.40. The Kier molecular flexibility index (Phi) is 5.14. The van der Waals surface area contributed by atoms with Crippen molar-refractivity contribution in [2.45, 2.75) is 44.7 Å². The van der Waals surface area contributed by atoms with E-state index in [0.717, 1.165) is 30.7 Å². The summed E-state index contributed by atoms with van der Waals surface area (Å²) in [5, 5.41) is 0.458. The van der Waals surface area contributed by atoms with Crippen LogP contribution in [0.1, 0.15) is 32.1 Å². The fourth-order valence-electron chi connectivity index (χ4n) is 4.74. The number of nitrogens with zero attached hydrogens (tertiary/aromatic N) is 5. The van der Waals surface area contributed by atoms with Crippen molar-refractivity contribution >= 4 is 16.9 Å². The molecule has 152 valence electrons. The van der Waals surface area contributed by atoms with Crippen LogP contribution in [0, 0.1) is 0 Å². The topological polar surface area (TPSA) is 72.5 Å². The van der Waals surface area contributed by atoms with Crippen molar-refractivity contribution in [1.29, 1.82) is 0 Å². The first kappa shape index (κ1) is 19.0. The molecule has 4 rings (SSSR count). The second-order valence-corrected chi connectivity index (χ2v) is 8.10. The van der Waals surface area contributed by atoms with Gasteiger partial charge < -0.3 is 9.47 Å². The highest BCUT2D eigenvalue weighted by Gasteiger charge is 2.27. The van der Waals surface area contributed by atoms with Gasteiger partial charge in [0.15, 0.2) is 0 Å².